The molecule has 0 saturated carbocycles. The Kier molecular flexibility index (Phi) is 7.02. The van der Waals surface area contributed by atoms with Gasteiger partial charge < -0.3 is 10.1 Å². The molecule has 0 aliphatic heterocycles. The number of fused-ring (bicyclic) bond motifs is 1. The van der Waals surface area contributed by atoms with Gasteiger partial charge in [0.15, 0.2) is 5.69 Å². The molecule has 0 spiro atoms. The maximum absolute atomic E-state index is 13.3. The number of rotatable bonds is 6. The van der Waals surface area contributed by atoms with Crippen molar-refractivity contribution in [1.29, 1.82) is 0 Å². The van der Waals surface area contributed by atoms with Gasteiger partial charge in [-0.1, -0.05) is 30.3 Å². The van der Waals surface area contributed by atoms with Gasteiger partial charge in [0.25, 0.3) is 5.56 Å². The highest BCUT2D eigenvalue weighted by atomic mass is 32.1. The molecule has 1 N–H and O–H groups in total. The van der Waals surface area contributed by atoms with E-state index in [-0.39, 0.29) is 33.8 Å². The smallest absolute Gasteiger partial charge is 0.416 e. The van der Waals surface area contributed by atoms with Gasteiger partial charge in [-0.15, -0.1) is 11.3 Å². The molecule has 0 aliphatic rings. The summed E-state index contributed by atoms with van der Waals surface area (Å²) in [6, 6.07) is 12.9. The normalized spacial score (nSPS) is 11.7. The number of hydrogen-bond acceptors (Lipinski definition) is 6. The number of anilines is 1. The van der Waals surface area contributed by atoms with E-state index in [4.69, 9.17) is 4.74 Å². The zero-order chi connectivity index (χ0) is 25.9. The van der Waals surface area contributed by atoms with Crippen molar-refractivity contribution in [3.05, 3.63) is 93.2 Å². The third kappa shape index (κ3) is 5.20. The maximum Gasteiger partial charge on any atom is 0.416 e. The standard InChI is InChI=1S/C25H18F3N3O4S/c1-2-35-24(34)21-18-14-36-22(29-19(32)13-8-15-6-4-3-5-7-15)20(18)23(33)31(30-21)17-11-9-16(10-12-17)25(26,27)28/h3-14H,2H2,1H3,(H,29,32)/b13-8+. The van der Waals surface area contributed by atoms with E-state index in [1.807, 2.05) is 30.3 Å². The van der Waals surface area contributed by atoms with Crippen LogP contribution in [0.5, 0.6) is 0 Å². The first-order valence-corrected chi connectivity index (χ1v) is 11.5. The minimum absolute atomic E-state index is 0.00731. The largest absolute Gasteiger partial charge is 0.461 e. The number of halogens is 3. The molecule has 2 heterocycles. The minimum atomic E-state index is -4.56. The molecule has 0 bridgehead atoms. The summed E-state index contributed by atoms with van der Waals surface area (Å²) in [5.41, 5.74) is -1.03. The lowest BCUT2D eigenvalue weighted by molar-refractivity contribution is -0.137. The topological polar surface area (TPSA) is 90.3 Å². The van der Waals surface area contributed by atoms with Gasteiger partial charge in [0.2, 0.25) is 5.91 Å². The van der Waals surface area contributed by atoms with Crippen molar-refractivity contribution in [2.24, 2.45) is 0 Å². The molecular weight excluding hydrogens is 495 g/mol. The summed E-state index contributed by atoms with van der Waals surface area (Å²) in [6.45, 7) is 1.64. The number of aromatic nitrogens is 2. The number of amides is 1. The van der Waals surface area contributed by atoms with Crippen LogP contribution < -0.4 is 10.9 Å². The Morgan fingerprint density at radius 1 is 1.11 bits per heavy atom. The third-order valence-corrected chi connectivity index (χ3v) is 5.92. The third-order valence-electron chi connectivity index (χ3n) is 5.02. The fourth-order valence-corrected chi connectivity index (χ4v) is 4.29. The van der Waals surface area contributed by atoms with E-state index in [1.165, 1.54) is 11.5 Å². The average Bonchev–Trinajstić information content (AvgIpc) is 3.27. The summed E-state index contributed by atoms with van der Waals surface area (Å²) in [6.07, 6.45) is -1.67. The molecule has 2 aromatic carbocycles. The van der Waals surface area contributed by atoms with Gasteiger partial charge in [0.1, 0.15) is 5.00 Å². The van der Waals surface area contributed by atoms with Crippen molar-refractivity contribution < 1.29 is 27.5 Å². The van der Waals surface area contributed by atoms with Crippen molar-refractivity contribution in [2.45, 2.75) is 13.1 Å². The summed E-state index contributed by atoms with van der Waals surface area (Å²) in [7, 11) is 0. The Bertz CT molecular complexity index is 1510. The predicted octanol–water partition coefficient (Wildman–Crippen LogP) is 5.29. The van der Waals surface area contributed by atoms with Crippen molar-refractivity contribution in [2.75, 3.05) is 11.9 Å². The van der Waals surface area contributed by atoms with Gasteiger partial charge in [-0.2, -0.15) is 23.0 Å². The van der Waals surface area contributed by atoms with Crippen molar-refractivity contribution >= 4 is 45.1 Å². The number of benzene rings is 2. The number of nitrogens with one attached hydrogen (secondary N) is 1. The van der Waals surface area contributed by atoms with Gasteiger partial charge in [-0.3, -0.25) is 9.59 Å². The lowest BCUT2D eigenvalue weighted by Crippen LogP contribution is -2.25. The fourth-order valence-electron chi connectivity index (χ4n) is 3.35. The van der Waals surface area contributed by atoms with E-state index in [9.17, 15) is 27.6 Å². The van der Waals surface area contributed by atoms with Crippen LogP contribution in [0.4, 0.5) is 18.2 Å². The number of nitrogens with zero attached hydrogens (tertiary/aromatic N) is 2. The number of carbonyl (C=O) groups is 2. The molecule has 36 heavy (non-hydrogen) atoms. The molecule has 0 saturated heterocycles. The molecule has 4 aromatic rings. The molecule has 7 nitrogen and oxygen atoms in total. The van der Waals surface area contributed by atoms with Gasteiger partial charge in [-0.05, 0) is 42.8 Å². The molecule has 0 radical (unpaired) electrons. The van der Waals surface area contributed by atoms with Crippen LogP contribution in [-0.4, -0.2) is 28.3 Å². The highest BCUT2D eigenvalue weighted by molar-refractivity contribution is 7.16. The molecule has 0 aliphatic carbocycles. The Morgan fingerprint density at radius 2 is 1.81 bits per heavy atom. The number of ether oxygens (including phenoxy) is 1. The minimum Gasteiger partial charge on any atom is -0.461 e. The first-order valence-electron chi connectivity index (χ1n) is 10.6. The molecule has 0 atom stereocenters. The Hall–Kier alpha value is -4.25. The molecule has 184 valence electrons. The first kappa shape index (κ1) is 24.9. The van der Waals surface area contributed by atoms with Gasteiger partial charge in [0.05, 0.1) is 23.2 Å². The Labute approximate surface area is 206 Å². The quantitative estimate of drug-likeness (QED) is 0.279. The lowest BCUT2D eigenvalue weighted by Gasteiger charge is -2.11. The van der Waals surface area contributed by atoms with E-state index in [2.05, 4.69) is 10.4 Å². The highest BCUT2D eigenvalue weighted by Gasteiger charge is 2.30. The van der Waals surface area contributed by atoms with Crippen LogP contribution in [0.2, 0.25) is 0 Å². The van der Waals surface area contributed by atoms with E-state index in [1.54, 1.807) is 13.0 Å². The fraction of sp³-hybridized carbons (Fsp3) is 0.120. The van der Waals surface area contributed by atoms with Crippen LogP contribution >= 0.6 is 11.3 Å². The highest BCUT2D eigenvalue weighted by Crippen LogP contribution is 2.32. The maximum atomic E-state index is 13.3. The predicted molar refractivity (Wildman–Crippen MR) is 130 cm³/mol. The van der Waals surface area contributed by atoms with Gasteiger partial charge >= 0.3 is 12.1 Å². The van der Waals surface area contributed by atoms with Crippen molar-refractivity contribution in [3.63, 3.8) is 0 Å². The van der Waals surface area contributed by atoms with Crippen LogP contribution in [0.1, 0.15) is 28.5 Å². The second-order valence-electron chi connectivity index (χ2n) is 7.42. The lowest BCUT2D eigenvalue weighted by atomic mass is 10.2. The second kappa shape index (κ2) is 10.2. The Morgan fingerprint density at radius 3 is 2.44 bits per heavy atom. The summed E-state index contributed by atoms with van der Waals surface area (Å²) < 4.78 is 44.8. The van der Waals surface area contributed by atoms with E-state index < -0.39 is 29.2 Å². The summed E-state index contributed by atoms with van der Waals surface area (Å²) in [5.74, 6) is -1.33. The monoisotopic (exact) mass is 513 g/mol. The number of alkyl halides is 3. The van der Waals surface area contributed by atoms with Crippen LogP contribution in [-0.2, 0) is 15.7 Å². The molecule has 1 amide bonds. The van der Waals surface area contributed by atoms with E-state index in [0.717, 1.165) is 45.8 Å². The first-order chi connectivity index (χ1) is 17.2. The van der Waals surface area contributed by atoms with Crippen molar-refractivity contribution in [3.8, 4) is 5.69 Å². The number of thiophene rings is 1. The second-order valence-corrected chi connectivity index (χ2v) is 8.30. The molecule has 4 rings (SSSR count). The van der Waals surface area contributed by atoms with Crippen LogP contribution in [0.25, 0.3) is 22.5 Å². The Balaban J connectivity index is 1.79. The number of hydrogen-bond donors (Lipinski definition) is 1. The van der Waals surface area contributed by atoms with Gasteiger partial charge in [-0.25, -0.2) is 4.79 Å². The molecule has 0 fully saturated rings. The SMILES string of the molecule is CCOC(=O)c1nn(-c2ccc(C(F)(F)F)cc2)c(=O)c2c(NC(=O)/C=C/c3ccccc3)scc12. The zero-order valence-corrected chi connectivity index (χ0v) is 19.5. The van der Waals surface area contributed by atoms with E-state index >= 15 is 0 Å². The number of esters is 1. The van der Waals surface area contributed by atoms with Gasteiger partial charge in [0, 0.05) is 16.8 Å². The van der Waals surface area contributed by atoms with Crippen LogP contribution in [0.15, 0.2) is 70.8 Å². The molecule has 0 unspecified atom stereocenters. The molecular formula is C25H18F3N3O4S. The molecule has 11 heteroatoms. The average molecular weight is 513 g/mol. The van der Waals surface area contributed by atoms with Crippen LogP contribution in [0.3, 0.4) is 0 Å². The van der Waals surface area contributed by atoms with E-state index in [0.29, 0.717) is 0 Å². The van der Waals surface area contributed by atoms with Crippen molar-refractivity contribution in [1.82, 2.24) is 9.78 Å². The summed E-state index contributed by atoms with van der Waals surface area (Å²) in [4.78, 5) is 38.5. The zero-order valence-electron chi connectivity index (χ0n) is 18.7. The molecule has 2 aromatic heterocycles. The summed E-state index contributed by atoms with van der Waals surface area (Å²) >= 11 is 1.01. The van der Waals surface area contributed by atoms with Crippen LogP contribution in [0, 0.1) is 0 Å². The summed E-state index contributed by atoms with van der Waals surface area (Å²) in [5, 5.41) is 8.51. The number of carbonyl (C=O) groups excluding carboxylic acids is 2.